The summed E-state index contributed by atoms with van der Waals surface area (Å²) >= 11 is 0. The molecule has 7 nitrogen and oxygen atoms in total. The van der Waals surface area contributed by atoms with E-state index in [4.69, 9.17) is 9.47 Å². The number of benzene rings is 2. The third-order valence-corrected chi connectivity index (χ3v) is 6.17. The van der Waals surface area contributed by atoms with Crippen molar-refractivity contribution in [2.24, 2.45) is 0 Å². The molecule has 0 radical (unpaired) electrons. The molecule has 0 saturated carbocycles. The van der Waals surface area contributed by atoms with E-state index in [0.29, 0.717) is 18.8 Å². The normalized spacial score (nSPS) is 12.4. The summed E-state index contributed by atoms with van der Waals surface area (Å²) in [7, 11) is -0.413. The summed E-state index contributed by atoms with van der Waals surface area (Å²) in [6, 6.07) is 15.3. The van der Waals surface area contributed by atoms with Crippen LogP contribution in [0.2, 0.25) is 0 Å². The zero-order valence-electron chi connectivity index (χ0n) is 17.0. The molecule has 0 aliphatic heterocycles. The number of hydrogen-bond donors (Lipinski definition) is 1. The SMILES string of the molecule is COc1ccc(OC[C@H](C)NC(=O)CCCN(C)S(=O)(=O)c2ccccc2)cc1. The highest BCUT2D eigenvalue weighted by Gasteiger charge is 2.20. The quantitative estimate of drug-likeness (QED) is 0.604. The lowest BCUT2D eigenvalue weighted by Crippen LogP contribution is -2.37. The Kier molecular flexibility index (Phi) is 8.48. The number of amides is 1. The van der Waals surface area contributed by atoms with Crippen molar-refractivity contribution < 1.29 is 22.7 Å². The molecule has 0 heterocycles. The number of methoxy groups -OCH3 is 1. The van der Waals surface area contributed by atoms with Crippen LogP contribution in [0.25, 0.3) is 0 Å². The Hall–Kier alpha value is -2.58. The van der Waals surface area contributed by atoms with Gasteiger partial charge < -0.3 is 14.8 Å². The lowest BCUT2D eigenvalue weighted by atomic mass is 10.2. The molecule has 0 aromatic heterocycles. The van der Waals surface area contributed by atoms with Crippen molar-refractivity contribution in [3.8, 4) is 11.5 Å². The van der Waals surface area contributed by atoms with Gasteiger partial charge in [-0.05, 0) is 49.7 Å². The number of hydrogen-bond acceptors (Lipinski definition) is 5. The number of rotatable bonds is 11. The first-order chi connectivity index (χ1) is 13.8. The monoisotopic (exact) mass is 420 g/mol. The Morgan fingerprint density at radius 3 is 2.31 bits per heavy atom. The van der Waals surface area contributed by atoms with Gasteiger partial charge in [0.1, 0.15) is 18.1 Å². The topological polar surface area (TPSA) is 84.9 Å². The van der Waals surface area contributed by atoms with Crippen LogP contribution in [0.4, 0.5) is 0 Å². The number of carbonyl (C=O) groups excluding carboxylic acids is 1. The molecule has 1 atom stereocenters. The minimum absolute atomic E-state index is 0.138. The van der Waals surface area contributed by atoms with Gasteiger partial charge in [0.2, 0.25) is 15.9 Å². The van der Waals surface area contributed by atoms with Crippen LogP contribution in [-0.4, -0.2) is 52.0 Å². The van der Waals surface area contributed by atoms with E-state index in [-0.39, 0.29) is 29.8 Å². The molecular formula is C21H28N2O5S. The van der Waals surface area contributed by atoms with Crippen molar-refractivity contribution in [3.63, 3.8) is 0 Å². The standard InChI is InChI=1S/C21H28N2O5S/c1-17(16-28-19-13-11-18(27-3)12-14-19)22-21(24)10-7-15-23(2)29(25,26)20-8-5-4-6-9-20/h4-6,8-9,11-14,17H,7,10,15-16H2,1-3H3,(H,22,24)/t17-/m0/s1. The highest BCUT2D eigenvalue weighted by Crippen LogP contribution is 2.17. The molecule has 158 valence electrons. The zero-order chi connectivity index (χ0) is 21.3. The lowest BCUT2D eigenvalue weighted by molar-refractivity contribution is -0.122. The van der Waals surface area contributed by atoms with Crippen LogP contribution in [0, 0.1) is 0 Å². The van der Waals surface area contributed by atoms with Gasteiger partial charge in [-0.15, -0.1) is 0 Å². The Labute approximate surface area is 172 Å². The van der Waals surface area contributed by atoms with Crippen molar-refractivity contribution >= 4 is 15.9 Å². The first kappa shape index (κ1) is 22.7. The first-order valence-electron chi connectivity index (χ1n) is 9.40. The van der Waals surface area contributed by atoms with Crippen LogP contribution < -0.4 is 14.8 Å². The number of sulfonamides is 1. The highest BCUT2D eigenvalue weighted by atomic mass is 32.2. The summed E-state index contributed by atoms with van der Waals surface area (Å²) < 4.78 is 36.9. The van der Waals surface area contributed by atoms with E-state index in [2.05, 4.69) is 5.32 Å². The molecule has 2 aromatic rings. The third kappa shape index (κ3) is 7.07. The van der Waals surface area contributed by atoms with Gasteiger partial charge in [-0.2, -0.15) is 0 Å². The van der Waals surface area contributed by atoms with E-state index in [1.807, 2.05) is 6.92 Å². The third-order valence-electron chi connectivity index (χ3n) is 4.30. The van der Waals surface area contributed by atoms with Crippen LogP contribution in [0.15, 0.2) is 59.5 Å². The lowest BCUT2D eigenvalue weighted by Gasteiger charge is -2.18. The van der Waals surface area contributed by atoms with Crippen molar-refractivity contribution in [3.05, 3.63) is 54.6 Å². The van der Waals surface area contributed by atoms with Crippen molar-refractivity contribution in [1.29, 1.82) is 0 Å². The van der Waals surface area contributed by atoms with Gasteiger partial charge in [-0.1, -0.05) is 18.2 Å². The van der Waals surface area contributed by atoms with Crippen molar-refractivity contribution in [2.75, 3.05) is 27.3 Å². The first-order valence-corrected chi connectivity index (χ1v) is 10.8. The van der Waals surface area contributed by atoms with Crippen LogP contribution in [0.1, 0.15) is 19.8 Å². The number of nitrogens with one attached hydrogen (secondary N) is 1. The second-order valence-corrected chi connectivity index (χ2v) is 8.74. The molecule has 0 aliphatic carbocycles. The number of ether oxygens (including phenoxy) is 2. The second-order valence-electron chi connectivity index (χ2n) is 6.70. The van der Waals surface area contributed by atoms with Gasteiger partial charge in [0, 0.05) is 20.0 Å². The zero-order valence-corrected chi connectivity index (χ0v) is 17.8. The number of nitrogens with zero attached hydrogens (tertiary/aromatic N) is 1. The van der Waals surface area contributed by atoms with Crippen LogP contribution in [0.3, 0.4) is 0 Å². The maximum absolute atomic E-state index is 12.4. The average Bonchev–Trinajstić information content (AvgIpc) is 2.73. The fraction of sp³-hybridized carbons (Fsp3) is 0.381. The van der Waals surface area contributed by atoms with E-state index in [9.17, 15) is 13.2 Å². The largest absolute Gasteiger partial charge is 0.497 e. The molecule has 0 saturated heterocycles. The maximum atomic E-state index is 12.4. The molecule has 2 rings (SSSR count). The predicted octanol–water partition coefficient (Wildman–Crippen LogP) is 2.68. The average molecular weight is 421 g/mol. The van der Waals surface area contributed by atoms with Crippen molar-refractivity contribution in [2.45, 2.75) is 30.7 Å². The minimum atomic E-state index is -3.53. The van der Waals surface area contributed by atoms with E-state index in [0.717, 1.165) is 5.75 Å². The molecule has 0 unspecified atom stereocenters. The molecule has 1 N–H and O–H groups in total. The van der Waals surface area contributed by atoms with Gasteiger partial charge in [0.15, 0.2) is 0 Å². The summed E-state index contributed by atoms with van der Waals surface area (Å²) in [5.74, 6) is 1.30. The van der Waals surface area contributed by atoms with E-state index >= 15 is 0 Å². The Morgan fingerprint density at radius 2 is 1.69 bits per heavy atom. The van der Waals surface area contributed by atoms with Crippen molar-refractivity contribution in [1.82, 2.24) is 9.62 Å². The highest BCUT2D eigenvalue weighted by molar-refractivity contribution is 7.89. The number of carbonyl (C=O) groups is 1. The molecule has 0 fully saturated rings. The summed E-state index contributed by atoms with van der Waals surface area (Å²) in [6.45, 7) is 2.45. The van der Waals surface area contributed by atoms with Gasteiger partial charge in [0.25, 0.3) is 0 Å². The molecule has 0 spiro atoms. The Bertz CT molecular complexity index is 870. The molecule has 2 aromatic carbocycles. The fourth-order valence-corrected chi connectivity index (χ4v) is 3.87. The summed E-state index contributed by atoms with van der Waals surface area (Å²) in [4.78, 5) is 12.3. The molecular weight excluding hydrogens is 392 g/mol. The molecule has 0 bridgehead atoms. The fourth-order valence-electron chi connectivity index (χ4n) is 2.64. The maximum Gasteiger partial charge on any atom is 0.242 e. The van der Waals surface area contributed by atoms with E-state index < -0.39 is 10.0 Å². The van der Waals surface area contributed by atoms with Crippen LogP contribution in [0.5, 0.6) is 11.5 Å². The summed E-state index contributed by atoms with van der Waals surface area (Å²) in [6.07, 6.45) is 0.669. The smallest absolute Gasteiger partial charge is 0.242 e. The van der Waals surface area contributed by atoms with E-state index in [1.54, 1.807) is 61.7 Å². The van der Waals surface area contributed by atoms with Crippen LogP contribution in [-0.2, 0) is 14.8 Å². The second kappa shape index (κ2) is 10.8. The van der Waals surface area contributed by atoms with Gasteiger partial charge in [-0.3, -0.25) is 4.79 Å². The Morgan fingerprint density at radius 1 is 1.07 bits per heavy atom. The minimum Gasteiger partial charge on any atom is -0.497 e. The summed E-state index contributed by atoms with van der Waals surface area (Å²) in [5, 5.41) is 2.86. The van der Waals surface area contributed by atoms with Gasteiger partial charge >= 0.3 is 0 Å². The molecule has 8 heteroatoms. The van der Waals surface area contributed by atoms with Gasteiger partial charge in [0.05, 0.1) is 18.0 Å². The summed E-state index contributed by atoms with van der Waals surface area (Å²) in [5.41, 5.74) is 0. The predicted molar refractivity (Wildman–Crippen MR) is 112 cm³/mol. The molecule has 0 aliphatic rings. The van der Waals surface area contributed by atoms with E-state index in [1.165, 1.54) is 11.4 Å². The van der Waals surface area contributed by atoms with Crippen LogP contribution >= 0.6 is 0 Å². The molecule has 1 amide bonds. The molecule has 29 heavy (non-hydrogen) atoms. The van der Waals surface area contributed by atoms with Gasteiger partial charge in [-0.25, -0.2) is 12.7 Å². The Balaban J connectivity index is 1.70.